The van der Waals surface area contributed by atoms with Crippen molar-refractivity contribution < 1.29 is 28.6 Å². The fourth-order valence-electron chi connectivity index (χ4n) is 7.21. The van der Waals surface area contributed by atoms with E-state index in [4.69, 9.17) is 14.2 Å². The summed E-state index contributed by atoms with van der Waals surface area (Å²) < 4.78 is 16.3. The van der Waals surface area contributed by atoms with E-state index in [9.17, 15) is 14.4 Å². The van der Waals surface area contributed by atoms with Gasteiger partial charge in [-0.3, -0.25) is 14.4 Å². The molecule has 1 spiro atoms. The molecule has 0 aliphatic carbocycles. The summed E-state index contributed by atoms with van der Waals surface area (Å²) >= 11 is 0. The van der Waals surface area contributed by atoms with Crippen LogP contribution < -0.4 is 24.4 Å². The number of nitrogens with one attached hydrogen (secondary N) is 1. The SMILES string of the molecule is COc1ccc(C(=O)[C@@H]2[C@@H](C(=O)c3ccc(OC)c(OC)c3)N3c4ccccc4C=C[C@@H]3[C@]23C(=O)Nc2ccccc23)cc1. The van der Waals surface area contributed by atoms with Gasteiger partial charge in [0.15, 0.2) is 23.1 Å². The van der Waals surface area contributed by atoms with Crippen molar-refractivity contribution in [2.24, 2.45) is 5.92 Å². The number of carbonyl (C=O) groups excluding carboxylic acids is 3. The Morgan fingerprint density at radius 2 is 1.48 bits per heavy atom. The lowest BCUT2D eigenvalue weighted by Crippen LogP contribution is -2.51. The first-order chi connectivity index (χ1) is 21.4. The molecule has 4 atom stereocenters. The second-order valence-corrected chi connectivity index (χ2v) is 11.1. The van der Waals surface area contributed by atoms with E-state index in [1.807, 2.05) is 65.6 Å². The molecule has 1 fully saturated rings. The highest BCUT2D eigenvalue weighted by Gasteiger charge is 2.70. The van der Waals surface area contributed by atoms with Crippen molar-refractivity contribution in [3.05, 3.63) is 119 Å². The van der Waals surface area contributed by atoms with Crippen molar-refractivity contribution in [1.29, 1.82) is 0 Å². The molecular formula is C36H30N2O6. The van der Waals surface area contributed by atoms with Crippen LogP contribution in [0, 0.1) is 5.92 Å². The predicted molar refractivity (Wildman–Crippen MR) is 167 cm³/mol. The smallest absolute Gasteiger partial charge is 0.238 e. The summed E-state index contributed by atoms with van der Waals surface area (Å²) in [5, 5.41) is 3.05. The Bertz CT molecular complexity index is 1850. The highest BCUT2D eigenvalue weighted by molar-refractivity contribution is 6.18. The van der Waals surface area contributed by atoms with Gasteiger partial charge < -0.3 is 24.4 Å². The van der Waals surface area contributed by atoms with Crippen LogP contribution in [0.5, 0.6) is 17.2 Å². The minimum absolute atomic E-state index is 0.304. The molecule has 1 amide bonds. The number of nitrogens with zero attached hydrogens (tertiary/aromatic N) is 1. The van der Waals surface area contributed by atoms with Crippen molar-refractivity contribution in [2.75, 3.05) is 31.5 Å². The molecule has 1 saturated heterocycles. The summed E-state index contributed by atoms with van der Waals surface area (Å²) in [6.07, 6.45) is 3.94. The number of rotatable bonds is 7. The Hall–Kier alpha value is -5.37. The fourth-order valence-corrected chi connectivity index (χ4v) is 7.21. The van der Waals surface area contributed by atoms with Gasteiger partial charge in [-0.25, -0.2) is 0 Å². The van der Waals surface area contributed by atoms with Gasteiger partial charge in [0, 0.05) is 22.5 Å². The molecule has 8 nitrogen and oxygen atoms in total. The molecule has 0 saturated carbocycles. The van der Waals surface area contributed by atoms with Crippen LogP contribution in [0.15, 0.2) is 97.1 Å². The number of ether oxygens (including phenoxy) is 3. The van der Waals surface area contributed by atoms with Crippen molar-refractivity contribution >= 4 is 34.9 Å². The summed E-state index contributed by atoms with van der Waals surface area (Å²) in [7, 11) is 4.59. The summed E-state index contributed by atoms with van der Waals surface area (Å²) in [4.78, 5) is 46.3. The Balaban J connectivity index is 1.51. The van der Waals surface area contributed by atoms with E-state index in [-0.39, 0.29) is 17.5 Å². The van der Waals surface area contributed by atoms with Crippen molar-refractivity contribution in [3.63, 3.8) is 0 Å². The largest absolute Gasteiger partial charge is 0.497 e. The lowest BCUT2D eigenvalue weighted by Gasteiger charge is -2.37. The molecule has 0 aromatic heterocycles. The maximum atomic E-state index is 14.9. The lowest BCUT2D eigenvalue weighted by molar-refractivity contribution is -0.121. The van der Waals surface area contributed by atoms with E-state index < -0.39 is 23.4 Å². The van der Waals surface area contributed by atoms with Crippen LogP contribution in [0.2, 0.25) is 0 Å². The van der Waals surface area contributed by atoms with Crippen LogP contribution in [0.25, 0.3) is 6.08 Å². The summed E-state index contributed by atoms with van der Waals surface area (Å²) in [6.45, 7) is 0. The molecule has 3 heterocycles. The van der Waals surface area contributed by atoms with Crippen LogP contribution in [0.3, 0.4) is 0 Å². The molecule has 4 aromatic carbocycles. The topological polar surface area (TPSA) is 94.2 Å². The number of carbonyl (C=O) groups is 3. The third-order valence-corrected chi connectivity index (χ3v) is 9.14. The Kier molecular flexibility index (Phi) is 6.50. The molecule has 0 unspecified atom stereocenters. The summed E-state index contributed by atoms with van der Waals surface area (Å²) in [6, 6.07) is 25.3. The zero-order valence-electron chi connectivity index (χ0n) is 24.4. The van der Waals surface area contributed by atoms with Crippen LogP contribution >= 0.6 is 0 Å². The second kappa shape index (κ2) is 10.4. The number of methoxy groups -OCH3 is 3. The predicted octanol–water partition coefficient (Wildman–Crippen LogP) is 5.57. The highest BCUT2D eigenvalue weighted by atomic mass is 16.5. The van der Waals surface area contributed by atoms with Crippen molar-refractivity contribution in [2.45, 2.75) is 17.5 Å². The molecule has 3 aliphatic rings. The number of ketones is 2. The Morgan fingerprint density at radius 1 is 0.773 bits per heavy atom. The van der Waals surface area contributed by atoms with E-state index in [0.29, 0.717) is 39.6 Å². The van der Waals surface area contributed by atoms with Gasteiger partial charge in [0.1, 0.15) is 17.2 Å². The van der Waals surface area contributed by atoms with Crippen LogP contribution in [-0.2, 0) is 10.2 Å². The molecule has 7 rings (SSSR count). The highest BCUT2D eigenvalue weighted by Crippen LogP contribution is 2.58. The van der Waals surface area contributed by atoms with Crippen LogP contribution in [0.4, 0.5) is 11.4 Å². The number of hydrogen-bond acceptors (Lipinski definition) is 7. The molecule has 4 aromatic rings. The molecule has 0 bridgehead atoms. The van der Waals surface area contributed by atoms with Gasteiger partial charge in [-0.2, -0.15) is 0 Å². The van der Waals surface area contributed by atoms with Crippen LogP contribution in [-0.4, -0.2) is 50.9 Å². The van der Waals surface area contributed by atoms with E-state index in [2.05, 4.69) is 5.32 Å². The number of benzene rings is 4. The average Bonchev–Trinajstić information content (AvgIpc) is 3.55. The third kappa shape index (κ3) is 3.80. The van der Waals surface area contributed by atoms with Crippen LogP contribution in [0.1, 0.15) is 31.8 Å². The summed E-state index contributed by atoms with van der Waals surface area (Å²) in [5.41, 5.74) is 2.34. The van der Waals surface area contributed by atoms with Gasteiger partial charge >= 0.3 is 0 Å². The molecule has 1 N–H and O–H groups in total. The van der Waals surface area contributed by atoms with Gasteiger partial charge in [-0.1, -0.05) is 48.6 Å². The van der Waals surface area contributed by atoms with Gasteiger partial charge in [-0.15, -0.1) is 0 Å². The van der Waals surface area contributed by atoms with Crippen molar-refractivity contribution in [1.82, 2.24) is 0 Å². The fraction of sp³-hybridized carbons (Fsp3) is 0.194. The van der Waals surface area contributed by atoms with Gasteiger partial charge in [-0.05, 0) is 65.7 Å². The first-order valence-electron chi connectivity index (χ1n) is 14.3. The second-order valence-electron chi connectivity index (χ2n) is 11.1. The zero-order valence-corrected chi connectivity index (χ0v) is 24.4. The maximum Gasteiger partial charge on any atom is 0.238 e. The quantitative estimate of drug-likeness (QED) is 0.283. The van der Waals surface area contributed by atoms with Gasteiger partial charge in [0.2, 0.25) is 5.91 Å². The van der Waals surface area contributed by atoms with Gasteiger partial charge in [0.05, 0.1) is 33.3 Å². The molecular weight excluding hydrogens is 556 g/mol. The number of Topliss-reactive ketones (excluding diaryl/α,β-unsaturated/α-hetero) is 2. The number of fused-ring (bicyclic) bond motifs is 6. The third-order valence-electron chi connectivity index (χ3n) is 9.14. The number of amides is 1. The maximum absolute atomic E-state index is 14.9. The minimum Gasteiger partial charge on any atom is -0.497 e. The standard InChI is InChI=1S/C36H30N2O6/c1-42-24-16-12-22(13-17-24)33(39)31-32(34(40)23-14-18-28(43-2)29(20-23)44-3)38-27-11-7-4-8-21(27)15-19-30(38)36(31)25-9-5-6-10-26(25)37-35(36)41/h4-20,30-32H,1-3H3,(H,37,41)/t30-,31+,32+,36+/m1/s1. The van der Waals surface area contributed by atoms with E-state index in [1.54, 1.807) is 49.6 Å². The van der Waals surface area contributed by atoms with E-state index >= 15 is 0 Å². The van der Waals surface area contributed by atoms with E-state index in [1.165, 1.54) is 14.2 Å². The normalized spacial score (nSPS) is 22.6. The first-order valence-corrected chi connectivity index (χ1v) is 14.3. The van der Waals surface area contributed by atoms with Gasteiger partial charge in [0.25, 0.3) is 0 Å². The molecule has 44 heavy (non-hydrogen) atoms. The monoisotopic (exact) mass is 586 g/mol. The first kappa shape index (κ1) is 27.5. The molecule has 220 valence electrons. The molecule has 0 radical (unpaired) electrons. The average molecular weight is 587 g/mol. The van der Waals surface area contributed by atoms with E-state index in [0.717, 1.165) is 11.3 Å². The Morgan fingerprint density at radius 3 is 2.23 bits per heavy atom. The number of anilines is 2. The molecule has 3 aliphatic heterocycles. The zero-order chi connectivity index (χ0) is 30.6. The summed E-state index contributed by atoms with van der Waals surface area (Å²) in [5.74, 6) is -0.540. The van der Waals surface area contributed by atoms with Crippen molar-refractivity contribution in [3.8, 4) is 17.2 Å². The molecule has 8 heteroatoms. The minimum atomic E-state index is -1.39. The number of hydrogen-bond donors (Lipinski definition) is 1. The lowest BCUT2D eigenvalue weighted by atomic mass is 9.64. The number of para-hydroxylation sites is 2. The Labute approximate surface area is 254 Å².